The van der Waals surface area contributed by atoms with Gasteiger partial charge in [-0.1, -0.05) is 0 Å². The molecule has 4 heteroatoms. The molecule has 1 N–H and O–H groups in total. The van der Waals surface area contributed by atoms with Crippen molar-refractivity contribution in [3.8, 4) is 0 Å². The second-order valence-electron chi connectivity index (χ2n) is 3.01. The zero-order valence-electron chi connectivity index (χ0n) is 6.62. The fourth-order valence-electron chi connectivity index (χ4n) is 1.50. The average Bonchev–Trinajstić information content (AvgIpc) is 2.07. The van der Waals surface area contributed by atoms with E-state index in [1.807, 2.05) is 0 Å². The Hall–Kier alpha value is -0.480. The highest BCUT2D eigenvalue weighted by molar-refractivity contribution is 5.82. The first-order chi connectivity index (χ1) is 5.04. The van der Waals surface area contributed by atoms with Gasteiger partial charge in [-0.2, -0.15) is 0 Å². The zero-order valence-corrected chi connectivity index (χ0v) is 6.62. The third-order valence-corrected chi connectivity index (χ3v) is 2.04. The smallest absolute Gasteiger partial charge is 0.150 e. The molecule has 1 aliphatic heterocycles. The largest absolute Gasteiger partial charge is 0.389 e. The number of β-amino-alcohol motifs (C(OH)–C–C–N with tert-alkyl or cyclic N) is 1. The summed E-state index contributed by atoms with van der Waals surface area (Å²) in [5.41, 5.74) is 0. The van der Waals surface area contributed by atoms with Crippen LogP contribution in [0, 0.1) is 0 Å². The number of halogens is 1. The maximum atomic E-state index is 13.0. The van der Waals surface area contributed by atoms with Crippen molar-refractivity contribution >= 4 is 5.78 Å². The molecule has 0 aromatic carbocycles. The summed E-state index contributed by atoms with van der Waals surface area (Å²) >= 11 is 0. The second kappa shape index (κ2) is 2.87. The zero-order chi connectivity index (χ0) is 8.59. The molecule has 3 atom stereocenters. The van der Waals surface area contributed by atoms with Gasteiger partial charge < -0.3 is 5.11 Å². The molecule has 1 rings (SSSR count). The van der Waals surface area contributed by atoms with Crippen molar-refractivity contribution in [2.75, 3.05) is 13.6 Å². The van der Waals surface area contributed by atoms with Crippen LogP contribution in [-0.2, 0) is 4.79 Å². The van der Waals surface area contributed by atoms with E-state index in [1.54, 1.807) is 7.05 Å². The Kier molecular flexibility index (Phi) is 2.25. The molecule has 64 valence electrons. The highest BCUT2D eigenvalue weighted by atomic mass is 19.1. The predicted octanol–water partition coefficient (Wildman–Crippen LogP) is -0.412. The second-order valence-corrected chi connectivity index (χ2v) is 3.01. The Morgan fingerprint density at radius 3 is 2.45 bits per heavy atom. The van der Waals surface area contributed by atoms with Crippen LogP contribution < -0.4 is 0 Å². The Morgan fingerprint density at radius 1 is 1.73 bits per heavy atom. The van der Waals surface area contributed by atoms with Gasteiger partial charge in [0.2, 0.25) is 0 Å². The van der Waals surface area contributed by atoms with Crippen molar-refractivity contribution in [2.45, 2.75) is 25.2 Å². The molecule has 1 aliphatic rings. The van der Waals surface area contributed by atoms with Crippen LogP contribution in [0.5, 0.6) is 0 Å². The Bertz CT molecular complexity index is 174. The number of aliphatic hydroxyl groups is 1. The lowest BCUT2D eigenvalue weighted by Crippen LogP contribution is -2.37. The molecule has 0 amide bonds. The summed E-state index contributed by atoms with van der Waals surface area (Å²) < 4.78 is 13.0. The Labute approximate surface area is 64.8 Å². The lowest BCUT2D eigenvalue weighted by Gasteiger charge is -2.16. The number of ketones is 1. The normalized spacial score (nSPS) is 39.5. The number of hydrogen-bond acceptors (Lipinski definition) is 3. The molecule has 1 heterocycles. The summed E-state index contributed by atoms with van der Waals surface area (Å²) in [5.74, 6) is -0.225. The van der Waals surface area contributed by atoms with Crippen molar-refractivity contribution in [3.63, 3.8) is 0 Å². The summed E-state index contributed by atoms with van der Waals surface area (Å²) in [6.45, 7) is 1.58. The monoisotopic (exact) mass is 161 g/mol. The van der Waals surface area contributed by atoms with Gasteiger partial charge in [0.25, 0.3) is 0 Å². The number of rotatable bonds is 1. The molecule has 11 heavy (non-hydrogen) atoms. The molecule has 0 unspecified atom stereocenters. The van der Waals surface area contributed by atoms with E-state index in [0.717, 1.165) is 0 Å². The van der Waals surface area contributed by atoms with Gasteiger partial charge in [0.1, 0.15) is 18.0 Å². The highest BCUT2D eigenvalue weighted by Gasteiger charge is 2.41. The standard InChI is InChI=1S/C7H12FNO2/c1-4(10)7-6(8)5(11)3-9(7)2/h5-7,11H,3H2,1-2H3/t5-,6-,7+/m0/s1. The van der Waals surface area contributed by atoms with Gasteiger partial charge in [-0.15, -0.1) is 0 Å². The molecular weight excluding hydrogens is 149 g/mol. The number of hydrogen-bond donors (Lipinski definition) is 1. The molecular formula is C7H12FNO2. The first-order valence-corrected chi connectivity index (χ1v) is 3.57. The predicted molar refractivity (Wildman–Crippen MR) is 38.0 cm³/mol. The first-order valence-electron chi connectivity index (χ1n) is 3.57. The summed E-state index contributed by atoms with van der Waals surface area (Å²) in [6, 6.07) is -0.745. The average molecular weight is 161 g/mol. The minimum Gasteiger partial charge on any atom is -0.389 e. The Balaban J connectivity index is 2.71. The van der Waals surface area contributed by atoms with Crippen LogP contribution in [0.1, 0.15) is 6.92 Å². The van der Waals surface area contributed by atoms with Crippen LogP contribution in [0.15, 0.2) is 0 Å². The number of alkyl halides is 1. The SMILES string of the molecule is CC(=O)[C@@H]1[C@@H](F)[C@@H](O)CN1C. The molecule has 0 bridgehead atoms. The summed E-state index contributed by atoms with van der Waals surface area (Å²) in [7, 11) is 1.63. The van der Waals surface area contributed by atoms with Crippen molar-refractivity contribution in [3.05, 3.63) is 0 Å². The highest BCUT2D eigenvalue weighted by Crippen LogP contribution is 2.20. The van der Waals surface area contributed by atoms with E-state index in [9.17, 15) is 9.18 Å². The van der Waals surface area contributed by atoms with Gasteiger partial charge in [-0.3, -0.25) is 9.69 Å². The Morgan fingerprint density at radius 2 is 2.27 bits per heavy atom. The van der Waals surface area contributed by atoms with E-state index >= 15 is 0 Å². The molecule has 1 fully saturated rings. The van der Waals surface area contributed by atoms with Crippen molar-refractivity contribution < 1.29 is 14.3 Å². The van der Waals surface area contributed by atoms with Crippen LogP contribution in [0.4, 0.5) is 4.39 Å². The molecule has 0 aromatic rings. The van der Waals surface area contributed by atoms with Gasteiger partial charge >= 0.3 is 0 Å². The van der Waals surface area contributed by atoms with Gasteiger partial charge in [-0.05, 0) is 14.0 Å². The number of carbonyl (C=O) groups is 1. The van der Waals surface area contributed by atoms with Crippen molar-refractivity contribution in [1.29, 1.82) is 0 Å². The molecule has 0 aliphatic carbocycles. The van der Waals surface area contributed by atoms with Crippen molar-refractivity contribution in [2.24, 2.45) is 0 Å². The van der Waals surface area contributed by atoms with E-state index in [0.29, 0.717) is 0 Å². The minimum atomic E-state index is -1.42. The first kappa shape index (κ1) is 8.62. The lowest BCUT2D eigenvalue weighted by atomic mass is 10.1. The third kappa shape index (κ3) is 1.41. The third-order valence-electron chi connectivity index (χ3n) is 2.04. The number of carbonyl (C=O) groups excluding carboxylic acids is 1. The van der Waals surface area contributed by atoms with Crippen LogP contribution in [0.3, 0.4) is 0 Å². The topological polar surface area (TPSA) is 40.5 Å². The quantitative estimate of drug-likeness (QED) is 0.568. The van der Waals surface area contributed by atoms with Crippen LogP contribution in [0.2, 0.25) is 0 Å². The fourth-order valence-corrected chi connectivity index (χ4v) is 1.50. The van der Waals surface area contributed by atoms with Crippen LogP contribution in [-0.4, -0.2) is 47.7 Å². The molecule has 0 radical (unpaired) electrons. The van der Waals surface area contributed by atoms with E-state index < -0.39 is 18.3 Å². The van der Waals surface area contributed by atoms with Crippen LogP contribution >= 0.6 is 0 Å². The summed E-state index contributed by atoms with van der Waals surface area (Å²) in [4.78, 5) is 12.4. The van der Waals surface area contributed by atoms with Crippen LogP contribution in [0.25, 0.3) is 0 Å². The molecule has 3 nitrogen and oxygen atoms in total. The van der Waals surface area contributed by atoms with Gasteiger partial charge in [0, 0.05) is 6.54 Å². The number of aliphatic hydroxyl groups excluding tert-OH is 1. The van der Waals surface area contributed by atoms with Crippen molar-refractivity contribution in [1.82, 2.24) is 4.90 Å². The summed E-state index contributed by atoms with van der Waals surface area (Å²) in [6.07, 6.45) is -2.42. The molecule has 1 saturated heterocycles. The molecule has 0 aromatic heterocycles. The van der Waals surface area contributed by atoms with E-state index in [1.165, 1.54) is 11.8 Å². The van der Waals surface area contributed by atoms with E-state index in [-0.39, 0.29) is 12.3 Å². The fraction of sp³-hybridized carbons (Fsp3) is 0.857. The summed E-state index contributed by atoms with van der Waals surface area (Å²) in [5, 5.41) is 9.02. The lowest BCUT2D eigenvalue weighted by molar-refractivity contribution is -0.122. The van der Waals surface area contributed by atoms with Gasteiger partial charge in [-0.25, -0.2) is 4.39 Å². The number of Topliss-reactive ketones (excluding diaryl/α,β-unsaturated/α-hetero) is 1. The number of likely N-dealkylation sites (N-methyl/N-ethyl adjacent to an activating group) is 1. The van der Waals surface area contributed by atoms with E-state index in [2.05, 4.69) is 0 Å². The molecule has 0 saturated carbocycles. The van der Waals surface area contributed by atoms with E-state index in [4.69, 9.17) is 5.11 Å². The van der Waals surface area contributed by atoms with Gasteiger partial charge in [0.05, 0.1) is 6.10 Å². The number of nitrogens with zero attached hydrogens (tertiary/aromatic N) is 1. The minimum absolute atomic E-state index is 0.225. The maximum Gasteiger partial charge on any atom is 0.150 e. The number of likely N-dealkylation sites (tertiary alicyclic amines) is 1. The van der Waals surface area contributed by atoms with Gasteiger partial charge in [0.15, 0.2) is 0 Å². The molecule has 0 spiro atoms. The maximum absolute atomic E-state index is 13.0.